The van der Waals surface area contributed by atoms with Crippen LogP contribution in [0, 0.1) is 5.92 Å². The van der Waals surface area contributed by atoms with Crippen LogP contribution < -0.4 is 5.73 Å². The van der Waals surface area contributed by atoms with E-state index in [9.17, 15) is 0 Å². The highest BCUT2D eigenvalue weighted by Gasteiger charge is 2.24. The summed E-state index contributed by atoms with van der Waals surface area (Å²) in [5.41, 5.74) is 9.25. The topological polar surface area (TPSA) is 26.0 Å². The third-order valence-corrected chi connectivity index (χ3v) is 4.82. The monoisotopic (exact) mass is 249 g/mol. The molecule has 2 rings (SSSR count). The molecule has 1 aliphatic heterocycles. The number of hydrogen-bond acceptors (Lipinski definition) is 2. The van der Waals surface area contributed by atoms with Gasteiger partial charge >= 0.3 is 0 Å². The van der Waals surface area contributed by atoms with Crippen molar-refractivity contribution >= 4 is 11.8 Å². The Morgan fingerprint density at radius 3 is 2.35 bits per heavy atom. The Labute approximate surface area is 109 Å². The van der Waals surface area contributed by atoms with Crippen LogP contribution in [0.25, 0.3) is 0 Å². The van der Waals surface area contributed by atoms with Crippen LogP contribution in [0.2, 0.25) is 0 Å². The summed E-state index contributed by atoms with van der Waals surface area (Å²) in [4.78, 5) is 0. The molecule has 2 atom stereocenters. The van der Waals surface area contributed by atoms with E-state index in [1.54, 1.807) is 0 Å². The molecule has 1 fully saturated rings. The Morgan fingerprint density at radius 2 is 1.88 bits per heavy atom. The summed E-state index contributed by atoms with van der Waals surface area (Å²) in [5.74, 6) is 3.17. The molecule has 2 heteroatoms. The highest BCUT2D eigenvalue weighted by atomic mass is 32.2. The number of hydrogen-bond donors (Lipinski definition) is 1. The van der Waals surface area contributed by atoms with Crippen LogP contribution in [0.4, 0.5) is 0 Å². The van der Waals surface area contributed by atoms with Crippen LogP contribution in [0.15, 0.2) is 24.3 Å². The Kier molecular flexibility index (Phi) is 3.84. The van der Waals surface area contributed by atoms with Gasteiger partial charge in [0.15, 0.2) is 0 Å². The standard InChI is InChI=1S/C15H23NS/c1-15(2,3)13-6-4-11(5-7-13)14(16)12-8-9-17-10-12/h4-7,12,14H,8-10,16H2,1-3H3. The minimum Gasteiger partial charge on any atom is -0.324 e. The Bertz CT molecular complexity index is 358. The summed E-state index contributed by atoms with van der Waals surface area (Å²) in [5, 5.41) is 0. The fourth-order valence-corrected chi connectivity index (χ4v) is 3.63. The van der Waals surface area contributed by atoms with E-state index < -0.39 is 0 Å². The van der Waals surface area contributed by atoms with Crippen LogP contribution in [0.1, 0.15) is 44.4 Å². The first-order valence-corrected chi connectivity index (χ1v) is 7.58. The lowest BCUT2D eigenvalue weighted by molar-refractivity contribution is 0.481. The zero-order chi connectivity index (χ0) is 12.5. The molecule has 1 aromatic rings. The molecule has 1 aromatic carbocycles. The van der Waals surface area contributed by atoms with Gasteiger partial charge in [0.25, 0.3) is 0 Å². The molecule has 1 nitrogen and oxygen atoms in total. The van der Waals surface area contributed by atoms with Gasteiger partial charge in [-0.2, -0.15) is 11.8 Å². The highest BCUT2D eigenvalue weighted by Crippen LogP contribution is 2.33. The maximum Gasteiger partial charge on any atom is 0.0331 e. The minimum absolute atomic E-state index is 0.221. The van der Waals surface area contributed by atoms with Gasteiger partial charge in [0.2, 0.25) is 0 Å². The van der Waals surface area contributed by atoms with Crippen molar-refractivity contribution in [3.05, 3.63) is 35.4 Å². The molecule has 0 bridgehead atoms. The molecule has 1 saturated heterocycles. The molecule has 2 unspecified atom stereocenters. The molecule has 0 radical (unpaired) electrons. The molecular weight excluding hydrogens is 226 g/mol. The zero-order valence-electron chi connectivity index (χ0n) is 11.1. The number of nitrogens with two attached hydrogens (primary N) is 1. The van der Waals surface area contributed by atoms with Crippen LogP contribution in [0.3, 0.4) is 0 Å². The predicted molar refractivity (Wildman–Crippen MR) is 77.5 cm³/mol. The fourth-order valence-electron chi connectivity index (χ4n) is 2.31. The van der Waals surface area contributed by atoms with Crippen LogP contribution in [0.5, 0.6) is 0 Å². The Hall–Kier alpha value is -0.470. The van der Waals surface area contributed by atoms with Crippen molar-refractivity contribution in [1.82, 2.24) is 0 Å². The van der Waals surface area contributed by atoms with Gasteiger partial charge in [-0.3, -0.25) is 0 Å². The van der Waals surface area contributed by atoms with Crippen LogP contribution >= 0.6 is 11.8 Å². The van der Waals surface area contributed by atoms with Gasteiger partial charge in [-0.1, -0.05) is 45.0 Å². The van der Waals surface area contributed by atoms with Crippen molar-refractivity contribution in [2.75, 3.05) is 11.5 Å². The Morgan fingerprint density at radius 1 is 1.24 bits per heavy atom. The predicted octanol–water partition coefficient (Wildman–Crippen LogP) is 3.74. The summed E-state index contributed by atoms with van der Waals surface area (Å²) >= 11 is 2.03. The van der Waals surface area contributed by atoms with Crippen molar-refractivity contribution in [2.45, 2.75) is 38.6 Å². The molecular formula is C15H23NS. The number of thioether (sulfide) groups is 1. The third-order valence-electron chi connectivity index (χ3n) is 3.63. The second-order valence-corrected chi connectivity index (χ2v) is 7.17. The van der Waals surface area contributed by atoms with Crippen molar-refractivity contribution in [1.29, 1.82) is 0 Å². The Balaban J connectivity index is 2.12. The lowest BCUT2D eigenvalue weighted by Crippen LogP contribution is -2.21. The van der Waals surface area contributed by atoms with Gasteiger partial charge in [-0.05, 0) is 40.4 Å². The minimum atomic E-state index is 0.221. The van der Waals surface area contributed by atoms with Gasteiger partial charge < -0.3 is 5.73 Å². The maximum atomic E-state index is 6.35. The van der Waals surface area contributed by atoms with Crippen molar-refractivity contribution in [3.8, 4) is 0 Å². The van der Waals surface area contributed by atoms with E-state index in [0.717, 1.165) is 0 Å². The lowest BCUT2D eigenvalue weighted by Gasteiger charge is -2.22. The fraction of sp³-hybridized carbons (Fsp3) is 0.600. The molecule has 0 amide bonds. The average molecular weight is 249 g/mol. The second-order valence-electron chi connectivity index (χ2n) is 6.02. The number of benzene rings is 1. The molecule has 94 valence electrons. The normalized spacial score (nSPS) is 22.7. The third kappa shape index (κ3) is 3.05. The van der Waals surface area contributed by atoms with E-state index >= 15 is 0 Å². The largest absolute Gasteiger partial charge is 0.324 e. The first kappa shape index (κ1) is 13.0. The SMILES string of the molecule is CC(C)(C)c1ccc(C(N)C2CCSC2)cc1. The first-order valence-electron chi connectivity index (χ1n) is 6.42. The quantitative estimate of drug-likeness (QED) is 0.864. The van der Waals surface area contributed by atoms with E-state index in [-0.39, 0.29) is 11.5 Å². The van der Waals surface area contributed by atoms with Gasteiger partial charge in [0, 0.05) is 6.04 Å². The summed E-state index contributed by atoms with van der Waals surface area (Å²) in [7, 11) is 0. The van der Waals surface area contributed by atoms with Crippen molar-refractivity contribution in [3.63, 3.8) is 0 Å². The molecule has 0 spiro atoms. The lowest BCUT2D eigenvalue weighted by atomic mass is 9.85. The van der Waals surface area contributed by atoms with Crippen molar-refractivity contribution < 1.29 is 0 Å². The average Bonchev–Trinajstić information content (AvgIpc) is 2.80. The molecule has 0 aliphatic carbocycles. The molecule has 1 aliphatic rings. The summed E-state index contributed by atoms with van der Waals surface area (Å²) in [6, 6.07) is 9.12. The molecule has 17 heavy (non-hydrogen) atoms. The van der Waals surface area contributed by atoms with Crippen LogP contribution in [-0.2, 0) is 5.41 Å². The number of rotatable bonds is 2. The maximum absolute atomic E-state index is 6.35. The van der Waals surface area contributed by atoms with Crippen LogP contribution in [-0.4, -0.2) is 11.5 Å². The highest BCUT2D eigenvalue weighted by molar-refractivity contribution is 7.99. The van der Waals surface area contributed by atoms with Gasteiger partial charge in [-0.25, -0.2) is 0 Å². The molecule has 0 aromatic heterocycles. The van der Waals surface area contributed by atoms with E-state index in [2.05, 4.69) is 45.0 Å². The molecule has 2 N–H and O–H groups in total. The van der Waals surface area contributed by atoms with E-state index in [1.165, 1.54) is 29.1 Å². The summed E-state index contributed by atoms with van der Waals surface area (Å²) in [6.07, 6.45) is 1.27. The van der Waals surface area contributed by atoms with E-state index in [4.69, 9.17) is 5.73 Å². The summed E-state index contributed by atoms with van der Waals surface area (Å²) in [6.45, 7) is 6.74. The van der Waals surface area contributed by atoms with E-state index in [0.29, 0.717) is 5.92 Å². The second kappa shape index (κ2) is 5.03. The molecule has 1 heterocycles. The zero-order valence-corrected chi connectivity index (χ0v) is 11.9. The van der Waals surface area contributed by atoms with Crippen molar-refractivity contribution in [2.24, 2.45) is 11.7 Å². The molecule has 0 saturated carbocycles. The van der Waals surface area contributed by atoms with E-state index in [1.807, 2.05) is 11.8 Å². The van der Waals surface area contributed by atoms with Gasteiger partial charge in [0.05, 0.1) is 0 Å². The first-order chi connectivity index (χ1) is 7.98. The van der Waals surface area contributed by atoms with Gasteiger partial charge in [0.1, 0.15) is 0 Å². The summed E-state index contributed by atoms with van der Waals surface area (Å²) < 4.78 is 0. The van der Waals surface area contributed by atoms with Gasteiger partial charge in [-0.15, -0.1) is 0 Å². The smallest absolute Gasteiger partial charge is 0.0331 e.